The monoisotopic (exact) mass is 578 g/mol. The molecular formula is C26H27Cl2N5O3V. The number of unbranched alkanes of at least 4 members (excludes halogenated alkanes) is 1. The van der Waals surface area contributed by atoms with E-state index in [9.17, 15) is 9.59 Å². The molecule has 37 heavy (non-hydrogen) atoms. The second-order valence-electron chi connectivity index (χ2n) is 7.98. The number of aliphatic carboxylic acids is 1. The number of nitrogens with zero attached hydrogens (tertiary/aromatic N) is 2. The fourth-order valence-electron chi connectivity index (χ4n) is 3.21. The molecule has 11 heteroatoms. The Morgan fingerprint density at radius 3 is 1.73 bits per heavy atom. The van der Waals surface area contributed by atoms with Gasteiger partial charge in [-0.05, 0) is 55.0 Å². The number of rotatable bonds is 9. The summed E-state index contributed by atoms with van der Waals surface area (Å²) >= 11 is 11.6. The molecule has 2 aromatic heterocycles. The van der Waals surface area contributed by atoms with Crippen LogP contribution in [0.25, 0.3) is 22.8 Å². The van der Waals surface area contributed by atoms with Crippen molar-refractivity contribution in [1.82, 2.24) is 25.3 Å². The summed E-state index contributed by atoms with van der Waals surface area (Å²) in [5.41, 5.74) is 3.22. The zero-order valence-electron chi connectivity index (χ0n) is 20.2. The average Bonchev–Trinajstić information content (AvgIpc) is 3.50. The number of carboxylic acids is 1. The van der Waals surface area contributed by atoms with Crippen molar-refractivity contribution < 1.29 is 33.3 Å². The van der Waals surface area contributed by atoms with Gasteiger partial charge in [0.1, 0.15) is 11.6 Å². The summed E-state index contributed by atoms with van der Waals surface area (Å²) in [6, 6.07) is 14.6. The number of hydrogen-bond acceptors (Lipinski definition) is 4. The number of amides is 1. The molecule has 0 aliphatic carbocycles. The molecule has 0 saturated heterocycles. The summed E-state index contributed by atoms with van der Waals surface area (Å²) in [7, 11) is 0. The van der Waals surface area contributed by atoms with Crippen LogP contribution in [0, 0.1) is 0 Å². The van der Waals surface area contributed by atoms with E-state index in [0.717, 1.165) is 42.0 Å². The van der Waals surface area contributed by atoms with E-state index in [1.54, 1.807) is 18.3 Å². The minimum atomic E-state index is -0.883. The number of halogens is 2. The van der Waals surface area contributed by atoms with E-state index >= 15 is 0 Å². The van der Waals surface area contributed by atoms with Crippen LogP contribution >= 0.6 is 23.2 Å². The van der Waals surface area contributed by atoms with E-state index in [2.05, 4.69) is 32.2 Å². The van der Waals surface area contributed by atoms with E-state index in [-0.39, 0.29) is 30.9 Å². The Morgan fingerprint density at radius 1 is 0.838 bits per heavy atom. The number of carbonyl (C=O) groups excluding carboxylic acids is 1. The molecule has 0 aliphatic rings. The molecule has 0 bridgehead atoms. The molecule has 4 N–H and O–H groups in total. The fourth-order valence-corrected chi connectivity index (χ4v) is 3.46. The Morgan fingerprint density at radius 2 is 1.30 bits per heavy atom. The molecule has 8 nitrogen and oxygen atoms in total. The predicted octanol–water partition coefficient (Wildman–Crippen LogP) is 5.54. The summed E-state index contributed by atoms with van der Waals surface area (Å²) in [6.07, 6.45) is 5.57. The van der Waals surface area contributed by atoms with Crippen molar-refractivity contribution in [1.29, 1.82) is 0 Å². The predicted molar refractivity (Wildman–Crippen MR) is 141 cm³/mol. The van der Waals surface area contributed by atoms with Gasteiger partial charge in [0, 0.05) is 70.1 Å². The molecule has 0 fully saturated rings. The molecule has 0 aliphatic heterocycles. The van der Waals surface area contributed by atoms with Gasteiger partial charge in [-0.15, -0.1) is 0 Å². The van der Waals surface area contributed by atoms with Crippen LogP contribution in [0.15, 0.2) is 60.9 Å². The maximum absolute atomic E-state index is 11.7. The first-order valence-electron chi connectivity index (χ1n) is 11.4. The van der Waals surface area contributed by atoms with Gasteiger partial charge in [0.2, 0.25) is 5.91 Å². The molecule has 4 aromatic rings. The van der Waals surface area contributed by atoms with Crippen molar-refractivity contribution in [2.45, 2.75) is 32.6 Å². The van der Waals surface area contributed by atoms with Crippen molar-refractivity contribution in [3.05, 3.63) is 82.4 Å². The zero-order chi connectivity index (χ0) is 25.9. The number of benzene rings is 2. The number of H-pyrrole nitrogens is 2. The van der Waals surface area contributed by atoms with Gasteiger partial charge in [-0.25, -0.2) is 9.97 Å². The summed E-state index contributed by atoms with van der Waals surface area (Å²) < 4.78 is 0. The number of nitrogens with one attached hydrogen (secondary N) is 3. The Hall–Kier alpha value is -3.04. The number of carboxylic acid groups (broad SMARTS) is 1. The van der Waals surface area contributed by atoms with Gasteiger partial charge >= 0.3 is 5.97 Å². The molecule has 0 atom stereocenters. The Bertz CT molecular complexity index is 1270. The van der Waals surface area contributed by atoms with E-state index in [1.807, 2.05) is 36.4 Å². The normalized spacial score (nSPS) is 10.1. The molecule has 2 heterocycles. The standard InChI is InChI=1S/C15H18ClN3O.C11H9ClN2O2.V/c1-2-3-8-17-14(20)9-13-10-18-15(19-13)11-4-6-12(16)7-5-11;12-8-3-1-7(2-4-8)11-13-6-9(14-11)5-10(15)16;/h4-7,10H,2-3,8-9H2,1H3,(H,17,20)(H,18,19);1-4,6H,5H2,(H,13,14)(H,15,16);. The summed E-state index contributed by atoms with van der Waals surface area (Å²) in [4.78, 5) is 36.7. The Labute approximate surface area is 237 Å². The molecule has 193 valence electrons. The fraction of sp³-hybridized carbons (Fsp3) is 0.231. The second-order valence-corrected chi connectivity index (χ2v) is 8.85. The first kappa shape index (κ1) is 30.2. The average molecular weight is 579 g/mol. The number of aromatic nitrogens is 4. The molecular weight excluding hydrogens is 552 g/mol. The topological polar surface area (TPSA) is 124 Å². The van der Waals surface area contributed by atoms with Crippen LogP contribution < -0.4 is 5.32 Å². The first-order valence-corrected chi connectivity index (χ1v) is 12.2. The summed E-state index contributed by atoms with van der Waals surface area (Å²) in [5, 5.41) is 12.8. The third-order valence-electron chi connectivity index (χ3n) is 5.04. The van der Waals surface area contributed by atoms with Crippen LogP contribution in [0.1, 0.15) is 31.2 Å². The molecule has 1 amide bonds. The van der Waals surface area contributed by atoms with E-state index in [4.69, 9.17) is 28.3 Å². The maximum atomic E-state index is 11.7. The van der Waals surface area contributed by atoms with Crippen molar-refractivity contribution in [3.63, 3.8) is 0 Å². The third-order valence-corrected chi connectivity index (χ3v) is 5.54. The van der Waals surface area contributed by atoms with Crippen molar-refractivity contribution >= 4 is 35.1 Å². The van der Waals surface area contributed by atoms with Crippen molar-refractivity contribution in [2.24, 2.45) is 0 Å². The number of hydrogen-bond donors (Lipinski definition) is 4. The van der Waals surface area contributed by atoms with Crippen LogP contribution in [0.3, 0.4) is 0 Å². The van der Waals surface area contributed by atoms with E-state index < -0.39 is 5.97 Å². The molecule has 4 rings (SSSR count). The van der Waals surface area contributed by atoms with Gasteiger partial charge in [-0.1, -0.05) is 36.5 Å². The number of imidazole rings is 2. The minimum absolute atomic E-state index is 0. The first-order chi connectivity index (χ1) is 17.3. The van der Waals surface area contributed by atoms with Crippen LogP contribution in [0.2, 0.25) is 10.0 Å². The molecule has 2 aromatic carbocycles. The zero-order valence-corrected chi connectivity index (χ0v) is 23.1. The van der Waals surface area contributed by atoms with Crippen LogP contribution in [0.4, 0.5) is 0 Å². The van der Waals surface area contributed by atoms with Gasteiger partial charge < -0.3 is 20.4 Å². The largest absolute Gasteiger partial charge is 0.481 e. The third kappa shape index (κ3) is 10.1. The van der Waals surface area contributed by atoms with Gasteiger partial charge in [0.05, 0.1) is 12.8 Å². The summed E-state index contributed by atoms with van der Waals surface area (Å²) in [5.74, 6) is 0.530. The quantitative estimate of drug-likeness (QED) is 0.194. The van der Waals surface area contributed by atoms with Gasteiger partial charge in [-0.2, -0.15) is 0 Å². The van der Waals surface area contributed by atoms with Crippen LogP contribution in [-0.4, -0.2) is 43.5 Å². The number of aromatic amines is 2. The number of carbonyl (C=O) groups is 2. The van der Waals surface area contributed by atoms with E-state index in [0.29, 0.717) is 28.0 Å². The van der Waals surface area contributed by atoms with Crippen LogP contribution in [0.5, 0.6) is 0 Å². The van der Waals surface area contributed by atoms with Crippen molar-refractivity contribution in [3.8, 4) is 22.8 Å². The minimum Gasteiger partial charge on any atom is -0.481 e. The van der Waals surface area contributed by atoms with E-state index in [1.165, 1.54) is 6.20 Å². The second kappa shape index (κ2) is 15.3. The van der Waals surface area contributed by atoms with Crippen molar-refractivity contribution in [2.75, 3.05) is 6.54 Å². The molecule has 0 unspecified atom stereocenters. The SMILES string of the molecule is CCCCNC(=O)Cc1cnc(-c2ccc(Cl)cc2)[nH]1.O=C(O)Cc1cnc(-c2ccc(Cl)cc2)[nH]1.[V]. The Kier molecular flexibility index (Phi) is 12.5. The molecule has 0 spiro atoms. The van der Waals surface area contributed by atoms with Gasteiger partial charge in [-0.3, -0.25) is 9.59 Å². The molecule has 0 saturated carbocycles. The van der Waals surface area contributed by atoms with Crippen LogP contribution in [-0.2, 0) is 41.0 Å². The molecule has 1 radical (unpaired) electrons. The van der Waals surface area contributed by atoms with Gasteiger partial charge in [0.15, 0.2) is 0 Å². The smallest absolute Gasteiger partial charge is 0.309 e. The maximum Gasteiger partial charge on any atom is 0.309 e. The Balaban J connectivity index is 0.000000259. The summed E-state index contributed by atoms with van der Waals surface area (Å²) in [6.45, 7) is 2.83. The van der Waals surface area contributed by atoms with Gasteiger partial charge in [0.25, 0.3) is 0 Å².